The van der Waals surface area contributed by atoms with E-state index in [2.05, 4.69) is 61.2 Å². The summed E-state index contributed by atoms with van der Waals surface area (Å²) in [5.74, 6) is 1.17. The molecular weight excluding hydrogens is 350 g/mol. The highest BCUT2D eigenvalue weighted by atomic mass is 15.4. The van der Waals surface area contributed by atoms with E-state index < -0.39 is 0 Å². The molecule has 28 heavy (non-hydrogen) atoms. The Bertz CT molecular complexity index is 950. The normalized spacial score (nSPS) is 27.3. The Morgan fingerprint density at radius 1 is 1.14 bits per heavy atom. The van der Waals surface area contributed by atoms with Crippen molar-refractivity contribution in [2.75, 3.05) is 31.1 Å². The second-order valence-corrected chi connectivity index (χ2v) is 7.47. The molecule has 1 N–H and O–H groups in total. The van der Waals surface area contributed by atoms with E-state index in [9.17, 15) is 0 Å². The van der Waals surface area contributed by atoms with Crippen molar-refractivity contribution in [3.05, 3.63) is 60.6 Å². The number of aliphatic imine (C=N–C) groups is 2. The SMILES string of the molecule is CC1(N2CCN(c3ccccn3)CC2)N=CN=C2C=CC(c3cn[nH]c3)=CC21. The molecule has 7 heteroatoms. The van der Waals surface area contributed by atoms with Crippen molar-refractivity contribution < 1.29 is 0 Å². The van der Waals surface area contributed by atoms with Crippen LogP contribution in [0, 0.1) is 5.92 Å². The van der Waals surface area contributed by atoms with Gasteiger partial charge in [-0.05, 0) is 30.7 Å². The topological polar surface area (TPSA) is 72.8 Å². The average molecular weight is 373 g/mol. The average Bonchev–Trinajstić information content (AvgIpc) is 3.30. The lowest BCUT2D eigenvalue weighted by Gasteiger charge is -2.48. The number of nitrogens with one attached hydrogen (secondary N) is 1. The third-order valence-corrected chi connectivity index (χ3v) is 5.94. The molecule has 0 radical (unpaired) electrons. The number of hydrogen-bond donors (Lipinski definition) is 1. The molecule has 2 aromatic rings. The van der Waals surface area contributed by atoms with Gasteiger partial charge in [0, 0.05) is 44.1 Å². The molecule has 0 spiro atoms. The number of allylic oxidation sites excluding steroid dienone is 3. The molecule has 1 fully saturated rings. The highest BCUT2D eigenvalue weighted by Gasteiger charge is 2.44. The quantitative estimate of drug-likeness (QED) is 0.897. The Morgan fingerprint density at radius 3 is 2.79 bits per heavy atom. The van der Waals surface area contributed by atoms with Crippen molar-refractivity contribution in [2.24, 2.45) is 15.9 Å². The van der Waals surface area contributed by atoms with Crippen molar-refractivity contribution in [3.8, 4) is 0 Å². The molecule has 3 aliphatic rings. The molecule has 0 bridgehead atoms. The van der Waals surface area contributed by atoms with E-state index in [4.69, 9.17) is 4.99 Å². The van der Waals surface area contributed by atoms with Crippen LogP contribution in [-0.2, 0) is 0 Å². The van der Waals surface area contributed by atoms with Gasteiger partial charge in [0.1, 0.15) is 17.8 Å². The van der Waals surface area contributed by atoms with Crippen LogP contribution >= 0.6 is 0 Å². The Hall–Kier alpha value is -3.06. The van der Waals surface area contributed by atoms with Crippen molar-refractivity contribution in [3.63, 3.8) is 0 Å². The Labute approximate surface area is 164 Å². The fraction of sp³-hybridized carbons (Fsp3) is 0.333. The Morgan fingerprint density at radius 2 is 2.04 bits per heavy atom. The minimum absolute atomic E-state index is 0.119. The van der Waals surface area contributed by atoms with Crippen LogP contribution in [0.4, 0.5) is 5.82 Å². The summed E-state index contributed by atoms with van der Waals surface area (Å²) < 4.78 is 0. The van der Waals surface area contributed by atoms with E-state index in [1.165, 1.54) is 0 Å². The first-order chi connectivity index (χ1) is 13.7. The van der Waals surface area contributed by atoms with Crippen molar-refractivity contribution in [1.82, 2.24) is 20.1 Å². The van der Waals surface area contributed by atoms with Crippen molar-refractivity contribution >= 4 is 23.4 Å². The number of anilines is 1. The predicted molar refractivity (Wildman–Crippen MR) is 112 cm³/mol. The van der Waals surface area contributed by atoms with E-state index in [0.29, 0.717) is 0 Å². The molecule has 7 nitrogen and oxygen atoms in total. The maximum absolute atomic E-state index is 4.86. The molecule has 2 atom stereocenters. The van der Waals surface area contributed by atoms with Gasteiger partial charge in [-0.25, -0.2) is 9.98 Å². The standard InChI is InChI=1S/C21H23N7/c1-21(28-10-8-27(9-11-28)20-4-2-3-7-22-20)18-12-16(17-13-25-26-14-17)5-6-19(18)23-15-24-21/h2-7,12-15,18H,8-11H2,1H3,(H,25,26). The monoisotopic (exact) mass is 373 g/mol. The Balaban J connectivity index is 1.38. The summed E-state index contributed by atoms with van der Waals surface area (Å²) in [5, 5.41) is 6.98. The third-order valence-electron chi connectivity index (χ3n) is 5.94. The first-order valence-corrected chi connectivity index (χ1v) is 9.65. The molecule has 2 unspecified atom stereocenters. The zero-order valence-corrected chi connectivity index (χ0v) is 15.9. The van der Waals surface area contributed by atoms with E-state index in [1.807, 2.05) is 30.7 Å². The highest BCUT2D eigenvalue weighted by Crippen LogP contribution is 2.37. The van der Waals surface area contributed by atoms with Gasteiger partial charge in [0.2, 0.25) is 0 Å². The molecule has 1 saturated heterocycles. The number of nitrogens with zero attached hydrogens (tertiary/aromatic N) is 6. The summed E-state index contributed by atoms with van der Waals surface area (Å²) in [6.45, 7) is 5.98. The zero-order valence-electron chi connectivity index (χ0n) is 15.9. The number of piperazine rings is 1. The van der Waals surface area contributed by atoms with Gasteiger partial charge in [-0.2, -0.15) is 5.10 Å². The first kappa shape index (κ1) is 17.1. The van der Waals surface area contributed by atoms with Crippen LogP contribution < -0.4 is 4.90 Å². The van der Waals surface area contributed by atoms with Gasteiger partial charge >= 0.3 is 0 Å². The van der Waals surface area contributed by atoms with Gasteiger partial charge in [-0.1, -0.05) is 18.2 Å². The number of rotatable bonds is 3. The molecule has 5 rings (SSSR count). The van der Waals surface area contributed by atoms with Crippen LogP contribution in [-0.4, -0.2) is 64.0 Å². The molecule has 2 aliphatic heterocycles. The van der Waals surface area contributed by atoms with Gasteiger partial charge in [0.15, 0.2) is 0 Å². The zero-order chi connectivity index (χ0) is 19.0. The predicted octanol–water partition coefficient (Wildman–Crippen LogP) is 2.40. The second-order valence-electron chi connectivity index (χ2n) is 7.47. The Kier molecular flexibility index (Phi) is 4.16. The van der Waals surface area contributed by atoms with Gasteiger partial charge in [-0.15, -0.1) is 0 Å². The van der Waals surface area contributed by atoms with Crippen LogP contribution in [0.1, 0.15) is 12.5 Å². The molecule has 2 aromatic heterocycles. The molecular formula is C21H23N7. The molecule has 0 saturated carbocycles. The maximum Gasteiger partial charge on any atom is 0.128 e. The van der Waals surface area contributed by atoms with E-state index in [1.54, 1.807) is 6.34 Å². The van der Waals surface area contributed by atoms with Gasteiger partial charge in [-0.3, -0.25) is 15.0 Å². The number of aromatic amines is 1. The molecule has 0 amide bonds. The van der Waals surface area contributed by atoms with E-state index >= 15 is 0 Å². The number of H-pyrrole nitrogens is 1. The largest absolute Gasteiger partial charge is 0.354 e. The summed E-state index contributed by atoms with van der Waals surface area (Å²) in [4.78, 5) is 18.7. The van der Waals surface area contributed by atoms with Crippen LogP contribution in [0.15, 0.2) is 65.0 Å². The summed E-state index contributed by atoms with van der Waals surface area (Å²) >= 11 is 0. The van der Waals surface area contributed by atoms with Gasteiger partial charge in [0.25, 0.3) is 0 Å². The molecule has 1 aliphatic carbocycles. The number of fused-ring (bicyclic) bond motifs is 1. The van der Waals surface area contributed by atoms with Crippen LogP contribution in [0.5, 0.6) is 0 Å². The maximum atomic E-state index is 4.86. The number of aromatic nitrogens is 3. The van der Waals surface area contributed by atoms with Crippen molar-refractivity contribution in [1.29, 1.82) is 0 Å². The van der Waals surface area contributed by atoms with E-state index in [-0.39, 0.29) is 11.6 Å². The van der Waals surface area contributed by atoms with E-state index in [0.717, 1.165) is 48.8 Å². The highest BCUT2D eigenvalue weighted by molar-refractivity contribution is 6.08. The lowest BCUT2D eigenvalue weighted by molar-refractivity contribution is 0.0861. The lowest BCUT2D eigenvalue weighted by Crippen LogP contribution is -2.60. The molecule has 142 valence electrons. The first-order valence-electron chi connectivity index (χ1n) is 9.65. The third kappa shape index (κ3) is 2.88. The minimum atomic E-state index is -0.340. The van der Waals surface area contributed by atoms with Gasteiger partial charge in [0.05, 0.1) is 17.8 Å². The number of hydrogen-bond acceptors (Lipinski definition) is 6. The number of pyridine rings is 1. The fourth-order valence-corrected chi connectivity index (χ4v) is 4.26. The smallest absolute Gasteiger partial charge is 0.128 e. The summed E-state index contributed by atoms with van der Waals surface area (Å²) in [7, 11) is 0. The second kappa shape index (κ2) is 6.83. The summed E-state index contributed by atoms with van der Waals surface area (Å²) in [6, 6.07) is 6.08. The van der Waals surface area contributed by atoms with Gasteiger partial charge < -0.3 is 4.90 Å². The minimum Gasteiger partial charge on any atom is -0.354 e. The summed E-state index contributed by atoms with van der Waals surface area (Å²) in [6.07, 6.45) is 13.9. The molecule has 0 aromatic carbocycles. The van der Waals surface area contributed by atoms with Crippen LogP contribution in [0.2, 0.25) is 0 Å². The fourth-order valence-electron chi connectivity index (χ4n) is 4.26. The van der Waals surface area contributed by atoms with Crippen molar-refractivity contribution in [2.45, 2.75) is 12.6 Å². The molecule has 4 heterocycles. The van der Waals surface area contributed by atoms with Crippen LogP contribution in [0.25, 0.3) is 5.57 Å². The summed E-state index contributed by atoms with van der Waals surface area (Å²) in [5.41, 5.74) is 2.98. The van der Waals surface area contributed by atoms with Crippen LogP contribution in [0.3, 0.4) is 0 Å². The lowest BCUT2D eigenvalue weighted by atomic mass is 9.81.